The number of carbonyl (C=O) groups is 1. The van der Waals surface area contributed by atoms with Crippen LogP contribution in [0, 0.1) is 5.92 Å². The Bertz CT molecular complexity index is 318. The number of piperidine rings is 2. The molecular weight excluding hydrogens is 250 g/mol. The number of nitrogens with one attached hydrogen (secondary N) is 2. The van der Waals surface area contributed by atoms with E-state index < -0.39 is 0 Å². The predicted octanol–water partition coefficient (Wildman–Crippen LogP) is 1.75. The van der Waals surface area contributed by atoms with E-state index in [4.69, 9.17) is 0 Å². The van der Waals surface area contributed by atoms with Crippen LogP contribution in [0.15, 0.2) is 0 Å². The van der Waals surface area contributed by atoms with E-state index in [0.29, 0.717) is 24.0 Å². The first-order chi connectivity index (χ1) is 9.47. The van der Waals surface area contributed by atoms with Gasteiger partial charge in [-0.05, 0) is 45.6 Å². The molecule has 0 aliphatic carbocycles. The summed E-state index contributed by atoms with van der Waals surface area (Å²) in [6, 6.07) is 1.85. The predicted molar refractivity (Wildman–Crippen MR) is 82.7 cm³/mol. The molecule has 2 rings (SSSR count). The Hall–Kier alpha value is -0.610. The molecule has 1 amide bonds. The lowest BCUT2D eigenvalue weighted by atomic mass is 9.82. The molecule has 0 spiro atoms. The first-order valence-electron chi connectivity index (χ1n) is 8.23. The van der Waals surface area contributed by atoms with Crippen LogP contribution in [0.1, 0.15) is 52.9 Å². The maximum Gasteiger partial charge on any atom is 0.236 e. The van der Waals surface area contributed by atoms with Crippen molar-refractivity contribution in [3.05, 3.63) is 0 Å². The Labute approximate surface area is 123 Å². The number of hydrogen-bond acceptors (Lipinski definition) is 3. The van der Waals surface area contributed by atoms with Gasteiger partial charge in [0.25, 0.3) is 0 Å². The van der Waals surface area contributed by atoms with E-state index in [1.807, 2.05) is 6.92 Å². The molecule has 0 radical (unpaired) electrons. The Morgan fingerprint density at radius 1 is 1.20 bits per heavy atom. The highest BCUT2D eigenvalue weighted by atomic mass is 16.2. The zero-order valence-corrected chi connectivity index (χ0v) is 13.5. The van der Waals surface area contributed by atoms with Gasteiger partial charge in [0.05, 0.1) is 6.04 Å². The molecule has 2 aliphatic rings. The standard InChI is InChI=1S/C16H31N3O/c1-11(2)10-17-16(20)12(3)18-13-8-14-6-5-7-15(9-13)19(14)4/h11-15,18H,5-10H2,1-4H3,(H,17,20). The first-order valence-corrected chi connectivity index (χ1v) is 8.23. The molecule has 0 saturated carbocycles. The summed E-state index contributed by atoms with van der Waals surface area (Å²) in [6.07, 6.45) is 6.39. The lowest BCUT2D eigenvalue weighted by Crippen LogP contribution is -2.57. The van der Waals surface area contributed by atoms with Crippen molar-refractivity contribution in [2.24, 2.45) is 5.92 Å². The van der Waals surface area contributed by atoms with Gasteiger partial charge in [0.1, 0.15) is 0 Å². The number of carbonyl (C=O) groups excluding carboxylic acids is 1. The van der Waals surface area contributed by atoms with Crippen molar-refractivity contribution in [2.75, 3.05) is 13.6 Å². The number of fused-ring (bicyclic) bond motifs is 2. The van der Waals surface area contributed by atoms with Crippen molar-refractivity contribution in [2.45, 2.75) is 77.0 Å². The minimum Gasteiger partial charge on any atom is -0.354 e. The van der Waals surface area contributed by atoms with Gasteiger partial charge in [0.15, 0.2) is 0 Å². The van der Waals surface area contributed by atoms with Crippen LogP contribution in [0.25, 0.3) is 0 Å². The molecule has 4 heteroatoms. The third-order valence-electron chi connectivity index (χ3n) is 4.90. The zero-order valence-electron chi connectivity index (χ0n) is 13.5. The van der Waals surface area contributed by atoms with Crippen molar-refractivity contribution < 1.29 is 4.79 Å². The van der Waals surface area contributed by atoms with E-state index in [-0.39, 0.29) is 11.9 Å². The molecule has 3 atom stereocenters. The maximum atomic E-state index is 12.0. The molecule has 2 saturated heterocycles. The molecule has 2 aliphatic heterocycles. The highest BCUT2D eigenvalue weighted by Gasteiger charge is 2.36. The quantitative estimate of drug-likeness (QED) is 0.807. The third-order valence-corrected chi connectivity index (χ3v) is 4.90. The smallest absolute Gasteiger partial charge is 0.236 e. The van der Waals surface area contributed by atoms with Gasteiger partial charge >= 0.3 is 0 Å². The van der Waals surface area contributed by atoms with Crippen LogP contribution in [0.5, 0.6) is 0 Å². The highest BCUT2D eigenvalue weighted by Crippen LogP contribution is 2.32. The van der Waals surface area contributed by atoms with E-state index in [2.05, 4.69) is 36.4 Å². The van der Waals surface area contributed by atoms with E-state index in [1.54, 1.807) is 0 Å². The number of nitrogens with zero attached hydrogens (tertiary/aromatic N) is 1. The minimum absolute atomic E-state index is 0.0807. The monoisotopic (exact) mass is 281 g/mol. The van der Waals surface area contributed by atoms with Crippen LogP contribution < -0.4 is 10.6 Å². The fourth-order valence-electron chi connectivity index (χ4n) is 3.64. The summed E-state index contributed by atoms with van der Waals surface area (Å²) < 4.78 is 0. The van der Waals surface area contributed by atoms with Crippen molar-refractivity contribution in [3.63, 3.8) is 0 Å². The molecule has 2 N–H and O–H groups in total. The summed E-state index contributed by atoms with van der Waals surface area (Å²) >= 11 is 0. The number of amides is 1. The van der Waals surface area contributed by atoms with Gasteiger partial charge in [0, 0.05) is 24.7 Å². The molecule has 0 aromatic heterocycles. The van der Waals surface area contributed by atoms with Gasteiger partial charge in [-0.2, -0.15) is 0 Å². The topological polar surface area (TPSA) is 44.4 Å². The third kappa shape index (κ3) is 3.95. The van der Waals surface area contributed by atoms with Gasteiger partial charge in [-0.15, -0.1) is 0 Å². The fraction of sp³-hybridized carbons (Fsp3) is 0.938. The molecule has 0 aromatic carbocycles. The molecule has 2 heterocycles. The fourth-order valence-corrected chi connectivity index (χ4v) is 3.64. The molecule has 3 unspecified atom stereocenters. The Balaban J connectivity index is 1.80. The van der Waals surface area contributed by atoms with Crippen LogP contribution in [0.2, 0.25) is 0 Å². The van der Waals surface area contributed by atoms with Crippen molar-refractivity contribution in [1.82, 2.24) is 15.5 Å². The van der Waals surface area contributed by atoms with Crippen molar-refractivity contribution >= 4 is 5.91 Å². The molecule has 20 heavy (non-hydrogen) atoms. The molecular formula is C16H31N3O. The second-order valence-electron chi connectivity index (χ2n) is 7.10. The molecule has 4 nitrogen and oxygen atoms in total. The summed E-state index contributed by atoms with van der Waals surface area (Å²) in [4.78, 5) is 14.6. The molecule has 2 bridgehead atoms. The van der Waals surface area contributed by atoms with Gasteiger partial charge in [-0.25, -0.2) is 0 Å². The van der Waals surface area contributed by atoms with Crippen LogP contribution >= 0.6 is 0 Å². The number of rotatable bonds is 5. The summed E-state index contributed by atoms with van der Waals surface area (Å²) in [6.45, 7) is 7.00. The Kier molecular flexibility index (Phi) is 5.44. The van der Waals surface area contributed by atoms with E-state index in [0.717, 1.165) is 6.54 Å². The first kappa shape index (κ1) is 15.8. The second-order valence-corrected chi connectivity index (χ2v) is 7.10. The Morgan fingerprint density at radius 3 is 2.35 bits per heavy atom. The maximum absolute atomic E-state index is 12.0. The van der Waals surface area contributed by atoms with E-state index in [9.17, 15) is 4.79 Å². The van der Waals surface area contributed by atoms with Gasteiger partial charge < -0.3 is 15.5 Å². The highest BCUT2D eigenvalue weighted by molar-refractivity contribution is 5.81. The second kappa shape index (κ2) is 6.90. The Morgan fingerprint density at radius 2 is 1.80 bits per heavy atom. The molecule has 0 aromatic rings. The lowest BCUT2D eigenvalue weighted by molar-refractivity contribution is -0.123. The van der Waals surface area contributed by atoms with Crippen molar-refractivity contribution in [1.29, 1.82) is 0 Å². The van der Waals surface area contributed by atoms with E-state index >= 15 is 0 Å². The van der Waals surface area contributed by atoms with Gasteiger partial charge in [-0.1, -0.05) is 20.3 Å². The number of hydrogen-bond donors (Lipinski definition) is 2. The largest absolute Gasteiger partial charge is 0.354 e. The SMILES string of the molecule is CC(C)CNC(=O)C(C)NC1CC2CCCC(C1)N2C. The van der Waals surface area contributed by atoms with Crippen molar-refractivity contribution in [3.8, 4) is 0 Å². The zero-order chi connectivity index (χ0) is 14.7. The lowest BCUT2D eigenvalue weighted by Gasteiger charge is -2.47. The summed E-state index contributed by atoms with van der Waals surface area (Å²) in [5, 5.41) is 6.57. The van der Waals surface area contributed by atoms with Crippen LogP contribution in [0.4, 0.5) is 0 Å². The van der Waals surface area contributed by atoms with Crippen LogP contribution in [0.3, 0.4) is 0 Å². The average Bonchev–Trinajstić information content (AvgIpc) is 2.37. The summed E-state index contributed by atoms with van der Waals surface area (Å²) in [5.74, 6) is 0.650. The average molecular weight is 281 g/mol. The van der Waals surface area contributed by atoms with E-state index in [1.165, 1.54) is 32.1 Å². The normalized spacial score (nSPS) is 32.1. The molecule has 2 fully saturated rings. The minimum atomic E-state index is -0.0807. The molecule has 116 valence electrons. The summed E-state index contributed by atoms with van der Waals surface area (Å²) in [5.41, 5.74) is 0. The van der Waals surface area contributed by atoms with Gasteiger partial charge in [-0.3, -0.25) is 4.79 Å². The summed E-state index contributed by atoms with van der Waals surface area (Å²) in [7, 11) is 2.27. The van der Waals surface area contributed by atoms with Crippen LogP contribution in [-0.2, 0) is 4.79 Å². The van der Waals surface area contributed by atoms with Crippen LogP contribution in [-0.4, -0.2) is 48.6 Å². The van der Waals surface area contributed by atoms with Gasteiger partial charge in [0.2, 0.25) is 5.91 Å².